The lowest BCUT2D eigenvalue weighted by molar-refractivity contribution is -0.130. The van der Waals surface area contributed by atoms with Crippen molar-refractivity contribution in [2.75, 3.05) is 11.9 Å². The fourth-order valence-corrected chi connectivity index (χ4v) is 4.60. The number of carbonyl (C=O) groups excluding carboxylic acids is 3. The number of hydrogen-bond acceptors (Lipinski definition) is 6. The molecule has 2 aromatic rings. The highest BCUT2D eigenvalue weighted by molar-refractivity contribution is 7.14. The van der Waals surface area contributed by atoms with E-state index >= 15 is 0 Å². The van der Waals surface area contributed by atoms with Gasteiger partial charge in [-0.05, 0) is 40.2 Å². The fourth-order valence-electron chi connectivity index (χ4n) is 2.94. The van der Waals surface area contributed by atoms with Gasteiger partial charge in [-0.1, -0.05) is 0 Å². The molecular weight excluding hydrogens is 384 g/mol. The number of nitrogens with one attached hydrogen (secondary N) is 2. The van der Waals surface area contributed by atoms with Gasteiger partial charge in [0.25, 0.3) is 5.91 Å². The summed E-state index contributed by atoms with van der Waals surface area (Å²) in [4.78, 5) is 44.2. The van der Waals surface area contributed by atoms with Crippen molar-refractivity contribution in [1.82, 2.24) is 15.2 Å². The molecule has 9 heteroatoms. The lowest BCUT2D eigenvalue weighted by atomic mass is 10.1. The van der Waals surface area contributed by atoms with E-state index in [0.717, 1.165) is 16.2 Å². The summed E-state index contributed by atoms with van der Waals surface area (Å²) in [7, 11) is 0. The van der Waals surface area contributed by atoms with Gasteiger partial charge in [0, 0.05) is 33.7 Å². The molecule has 1 aliphatic rings. The number of nitrogens with zero attached hydrogens (tertiary/aromatic N) is 2. The third-order valence-corrected chi connectivity index (χ3v) is 6.02. The minimum Gasteiger partial charge on any atom is -0.324 e. The molecule has 0 aromatic carbocycles. The van der Waals surface area contributed by atoms with Crippen LogP contribution in [0.2, 0.25) is 0 Å². The molecule has 3 heterocycles. The molecule has 3 rings (SSSR count). The minimum absolute atomic E-state index is 0.180. The molecule has 0 saturated carbocycles. The van der Waals surface area contributed by atoms with E-state index < -0.39 is 11.6 Å². The van der Waals surface area contributed by atoms with Crippen LogP contribution in [0.3, 0.4) is 0 Å². The molecular formula is C18H22N4O3S2. The van der Waals surface area contributed by atoms with Gasteiger partial charge < -0.3 is 10.6 Å². The van der Waals surface area contributed by atoms with E-state index in [1.165, 1.54) is 21.1 Å². The number of imide groups is 1. The molecule has 0 aliphatic carbocycles. The zero-order valence-electron chi connectivity index (χ0n) is 15.7. The second-order valence-corrected chi connectivity index (χ2v) is 9.35. The highest BCUT2D eigenvalue weighted by atomic mass is 32.1. The Labute approximate surface area is 165 Å². The second-order valence-electron chi connectivity index (χ2n) is 7.03. The lowest BCUT2D eigenvalue weighted by Gasteiger charge is -2.15. The normalized spacial score (nSPS) is 15.9. The van der Waals surface area contributed by atoms with E-state index in [4.69, 9.17) is 0 Å². The number of aromatic nitrogens is 1. The lowest BCUT2D eigenvalue weighted by Crippen LogP contribution is -2.40. The number of urea groups is 1. The maximum absolute atomic E-state index is 12.1. The molecule has 0 radical (unpaired) electrons. The fraction of sp³-hybridized carbons (Fsp3) is 0.444. The van der Waals surface area contributed by atoms with Gasteiger partial charge in [0.05, 0.1) is 5.69 Å². The zero-order chi connectivity index (χ0) is 19.8. The Kier molecular flexibility index (Phi) is 5.34. The molecule has 1 aliphatic heterocycles. The molecule has 0 bridgehead atoms. The molecule has 7 nitrogen and oxygen atoms in total. The summed E-state index contributed by atoms with van der Waals surface area (Å²) in [5.41, 5.74) is 1.07. The van der Waals surface area contributed by atoms with Crippen molar-refractivity contribution >= 4 is 45.7 Å². The van der Waals surface area contributed by atoms with Crippen molar-refractivity contribution in [3.63, 3.8) is 0 Å². The van der Waals surface area contributed by atoms with Crippen molar-refractivity contribution in [2.24, 2.45) is 0 Å². The van der Waals surface area contributed by atoms with Gasteiger partial charge in [0.2, 0.25) is 5.91 Å². The third-order valence-electron chi connectivity index (χ3n) is 4.30. The maximum Gasteiger partial charge on any atom is 0.325 e. The van der Waals surface area contributed by atoms with E-state index in [1.54, 1.807) is 25.2 Å². The van der Waals surface area contributed by atoms with E-state index in [1.807, 2.05) is 5.38 Å². The molecule has 2 N–H and O–H groups in total. The molecule has 27 heavy (non-hydrogen) atoms. The summed E-state index contributed by atoms with van der Waals surface area (Å²) in [5, 5.41) is 7.90. The topological polar surface area (TPSA) is 91.4 Å². The Morgan fingerprint density at radius 1 is 1.33 bits per heavy atom. The van der Waals surface area contributed by atoms with Crippen LogP contribution >= 0.6 is 22.7 Å². The minimum atomic E-state index is -0.880. The van der Waals surface area contributed by atoms with Crippen molar-refractivity contribution in [2.45, 2.75) is 46.1 Å². The Morgan fingerprint density at radius 2 is 2.07 bits per heavy atom. The first kappa shape index (κ1) is 19.5. The molecule has 0 atom stereocenters. The van der Waals surface area contributed by atoms with E-state index in [9.17, 15) is 14.4 Å². The first-order chi connectivity index (χ1) is 12.7. The second kappa shape index (κ2) is 7.40. The van der Waals surface area contributed by atoms with Gasteiger partial charge in [0.1, 0.15) is 5.54 Å². The summed E-state index contributed by atoms with van der Waals surface area (Å²) in [6, 6.07) is 1.69. The van der Waals surface area contributed by atoms with Gasteiger partial charge in [-0.2, -0.15) is 0 Å². The number of hydrogen-bond donors (Lipinski definition) is 2. The Bertz CT molecular complexity index is 900. The number of rotatable bonds is 6. The average Bonchev–Trinajstić information content (AvgIpc) is 3.20. The number of aryl methyl sites for hydroxylation is 2. The molecule has 1 saturated heterocycles. The first-order valence-electron chi connectivity index (χ1n) is 8.64. The van der Waals surface area contributed by atoms with Crippen LogP contribution < -0.4 is 10.6 Å². The molecule has 1 fully saturated rings. The summed E-state index contributed by atoms with van der Waals surface area (Å²) < 4.78 is 0. The largest absolute Gasteiger partial charge is 0.325 e. The summed E-state index contributed by atoms with van der Waals surface area (Å²) in [6.45, 7) is 7.66. The molecule has 0 spiro atoms. The van der Waals surface area contributed by atoms with Crippen LogP contribution in [0.15, 0.2) is 11.4 Å². The predicted molar refractivity (Wildman–Crippen MR) is 107 cm³/mol. The molecule has 2 aromatic heterocycles. The Hall–Kier alpha value is -2.26. The van der Waals surface area contributed by atoms with Crippen molar-refractivity contribution in [3.8, 4) is 11.3 Å². The molecule has 4 amide bonds. The molecule has 0 unspecified atom stereocenters. The van der Waals surface area contributed by atoms with Gasteiger partial charge in [0.15, 0.2) is 5.13 Å². The van der Waals surface area contributed by atoms with Crippen molar-refractivity contribution in [3.05, 3.63) is 21.2 Å². The quantitative estimate of drug-likeness (QED) is 0.718. The summed E-state index contributed by atoms with van der Waals surface area (Å²) in [6.07, 6.45) is 0.616. The van der Waals surface area contributed by atoms with Crippen LogP contribution in [0.25, 0.3) is 11.3 Å². The van der Waals surface area contributed by atoms with Crippen LogP contribution in [0, 0.1) is 13.8 Å². The van der Waals surface area contributed by atoms with Crippen molar-refractivity contribution < 1.29 is 14.4 Å². The monoisotopic (exact) mass is 406 g/mol. The SMILES string of the molecule is Cc1cc(-c2csc(NC(=O)CCCN3C(=O)NC(C)(C)C3=O)n2)c(C)s1. The third kappa shape index (κ3) is 4.19. The molecule has 144 valence electrons. The zero-order valence-corrected chi connectivity index (χ0v) is 17.3. The number of thiazole rings is 1. The van der Waals surface area contributed by atoms with Crippen molar-refractivity contribution in [1.29, 1.82) is 0 Å². The van der Waals surface area contributed by atoms with Crippen LogP contribution in [0.1, 0.15) is 36.4 Å². The van der Waals surface area contributed by atoms with Gasteiger partial charge in [-0.15, -0.1) is 22.7 Å². The van der Waals surface area contributed by atoms with Crippen LogP contribution in [-0.4, -0.2) is 39.8 Å². The number of amides is 4. The Balaban J connectivity index is 1.51. The smallest absolute Gasteiger partial charge is 0.324 e. The van der Waals surface area contributed by atoms with Gasteiger partial charge in [-0.25, -0.2) is 9.78 Å². The highest BCUT2D eigenvalue weighted by Crippen LogP contribution is 2.32. The summed E-state index contributed by atoms with van der Waals surface area (Å²) in [5.74, 6) is -0.445. The number of carbonyl (C=O) groups is 3. The van der Waals surface area contributed by atoms with Crippen LogP contribution in [0.4, 0.5) is 9.93 Å². The summed E-state index contributed by atoms with van der Waals surface area (Å²) >= 11 is 3.11. The Morgan fingerprint density at radius 3 is 2.67 bits per heavy atom. The van der Waals surface area contributed by atoms with E-state index in [0.29, 0.717) is 11.6 Å². The highest BCUT2D eigenvalue weighted by Gasteiger charge is 2.43. The van der Waals surface area contributed by atoms with E-state index in [2.05, 4.69) is 35.5 Å². The first-order valence-corrected chi connectivity index (χ1v) is 10.3. The van der Waals surface area contributed by atoms with E-state index in [-0.39, 0.29) is 24.8 Å². The number of anilines is 1. The van der Waals surface area contributed by atoms with Gasteiger partial charge in [-0.3, -0.25) is 14.5 Å². The van der Waals surface area contributed by atoms with Gasteiger partial charge >= 0.3 is 6.03 Å². The predicted octanol–water partition coefficient (Wildman–Crippen LogP) is 3.54. The maximum atomic E-state index is 12.1. The van der Waals surface area contributed by atoms with Crippen LogP contribution in [0.5, 0.6) is 0 Å². The average molecular weight is 407 g/mol. The standard InChI is InChI=1S/C18H22N4O3S2/c1-10-8-12(11(2)27-10)13-9-26-16(19-13)20-14(23)6-5-7-22-15(24)18(3,4)21-17(22)25/h8-9H,5-7H2,1-4H3,(H,21,25)(H,19,20,23). The number of thiophene rings is 1. The van der Waals surface area contributed by atoms with Crippen LogP contribution in [-0.2, 0) is 9.59 Å².